The molecule has 1 aromatic heterocycles. The minimum absolute atomic E-state index is 0.120. The summed E-state index contributed by atoms with van der Waals surface area (Å²) in [5.41, 5.74) is 7.28. The van der Waals surface area contributed by atoms with Gasteiger partial charge >= 0.3 is 6.03 Å². The Hall–Kier alpha value is -3.00. The first-order chi connectivity index (χ1) is 11.9. The first-order valence-corrected chi connectivity index (χ1v) is 7.57. The zero-order valence-corrected chi connectivity index (χ0v) is 14.0. The van der Waals surface area contributed by atoms with E-state index in [9.17, 15) is 9.18 Å². The number of nitrogens with two attached hydrogens (primary N) is 1. The molecule has 7 nitrogen and oxygen atoms in total. The molecule has 5 N–H and O–H groups in total. The van der Waals surface area contributed by atoms with Gasteiger partial charge in [0.1, 0.15) is 11.6 Å². The number of methoxy groups -OCH3 is 1. The van der Waals surface area contributed by atoms with Gasteiger partial charge in [-0.25, -0.2) is 14.2 Å². The van der Waals surface area contributed by atoms with Gasteiger partial charge in [0.15, 0.2) is 0 Å². The quantitative estimate of drug-likeness (QED) is 0.602. The molecule has 132 valence electrons. The number of carbonyl (C=O) groups excluding carboxylic acids is 1. The Kier molecular flexibility index (Phi) is 6.02. The fraction of sp³-hybridized carbons (Fsp3) is 0.235. The topological polar surface area (TPSA) is 113 Å². The molecule has 0 unspecified atom stereocenters. The summed E-state index contributed by atoms with van der Waals surface area (Å²) in [7, 11) is 1.55. The fourth-order valence-corrected chi connectivity index (χ4v) is 2.19. The molecule has 0 aliphatic heterocycles. The van der Waals surface area contributed by atoms with Crippen LogP contribution in [0, 0.1) is 11.2 Å². The minimum atomic E-state index is -0.433. The monoisotopic (exact) mass is 345 g/mol. The first kappa shape index (κ1) is 18.3. The van der Waals surface area contributed by atoms with E-state index < -0.39 is 6.03 Å². The molecule has 8 heteroatoms. The van der Waals surface area contributed by atoms with E-state index >= 15 is 0 Å². The molecule has 0 aliphatic rings. The van der Waals surface area contributed by atoms with E-state index in [1.165, 1.54) is 36.5 Å². The maximum atomic E-state index is 13.0. The van der Waals surface area contributed by atoms with Gasteiger partial charge in [-0.05, 0) is 31.2 Å². The van der Waals surface area contributed by atoms with Crippen LogP contribution in [0.3, 0.4) is 0 Å². The van der Waals surface area contributed by atoms with E-state index in [1.807, 2.05) is 0 Å². The molecule has 0 saturated heterocycles. The van der Waals surface area contributed by atoms with Crippen molar-refractivity contribution >= 4 is 23.2 Å². The van der Waals surface area contributed by atoms with Crippen LogP contribution in [-0.4, -0.2) is 36.5 Å². The lowest BCUT2D eigenvalue weighted by Crippen LogP contribution is -2.38. The van der Waals surface area contributed by atoms with Crippen LogP contribution < -0.4 is 16.4 Å². The van der Waals surface area contributed by atoms with Gasteiger partial charge in [0, 0.05) is 36.2 Å². The maximum absolute atomic E-state index is 13.0. The van der Waals surface area contributed by atoms with E-state index in [2.05, 4.69) is 15.6 Å². The number of hydrogen-bond donors (Lipinski definition) is 4. The predicted molar refractivity (Wildman–Crippen MR) is 94.5 cm³/mol. The Bertz CT molecular complexity index is 764. The van der Waals surface area contributed by atoms with Gasteiger partial charge in [0.05, 0.1) is 18.4 Å². The second kappa shape index (κ2) is 8.20. The lowest BCUT2D eigenvalue weighted by Gasteiger charge is -2.14. The molecule has 0 saturated carbocycles. The van der Waals surface area contributed by atoms with Gasteiger partial charge in [-0.2, -0.15) is 0 Å². The van der Waals surface area contributed by atoms with Crippen LogP contribution in [0.4, 0.5) is 20.7 Å². The normalized spacial score (nSPS) is 11.6. The second-order valence-corrected chi connectivity index (χ2v) is 5.49. The van der Waals surface area contributed by atoms with Gasteiger partial charge < -0.3 is 15.8 Å². The summed E-state index contributed by atoms with van der Waals surface area (Å²) in [6, 6.07) is 6.41. The number of carbonyl (C=O) groups is 1. The van der Waals surface area contributed by atoms with Crippen LogP contribution in [0.1, 0.15) is 18.1 Å². The van der Waals surface area contributed by atoms with Gasteiger partial charge in [-0.15, -0.1) is 0 Å². The van der Waals surface area contributed by atoms with E-state index in [0.717, 1.165) is 0 Å². The number of benzene rings is 1. The third-order valence-electron chi connectivity index (χ3n) is 3.37. The highest BCUT2D eigenvalue weighted by Gasteiger charge is 2.12. The maximum Gasteiger partial charge on any atom is 0.320 e. The highest BCUT2D eigenvalue weighted by atomic mass is 19.1. The largest absolute Gasteiger partial charge is 0.398 e. The molecule has 1 atom stereocenters. The number of halogens is 1. The zero-order chi connectivity index (χ0) is 18.4. The Morgan fingerprint density at radius 1 is 1.40 bits per heavy atom. The van der Waals surface area contributed by atoms with Crippen molar-refractivity contribution in [2.24, 2.45) is 0 Å². The zero-order valence-electron chi connectivity index (χ0n) is 14.0. The van der Waals surface area contributed by atoms with Crippen LogP contribution >= 0.6 is 0 Å². The van der Waals surface area contributed by atoms with Crippen molar-refractivity contribution in [3.8, 4) is 0 Å². The summed E-state index contributed by atoms with van der Waals surface area (Å²) in [4.78, 5) is 15.9. The van der Waals surface area contributed by atoms with Crippen molar-refractivity contribution in [2.75, 3.05) is 24.8 Å². The number of pyridine rings is 1. The molecule has 0 radical (unpaired) electrons. The number of amides is 2. The second-order valence-electron chi connectivity index (χ2n) is 5.49. The number of rotatable bonds is 6. The van der Waals surface area contributed by atoms with Crippen molar-refractivity contribution in [3.05, 3.63) is 53.5 Å². The van der Waals surface area contributed by atoms with Gasteiger partial charge in [-0.1, -0.05) is 0 Å². The number of ether oxygens (including phenoxy) is 1. The molecule has 2 amide bonds. The standard InChI is InChI=1S/C17H20FN5O2/c1-10(9-25-2)22-17(24)23-15-7-14(19)13(8-21-15)16(20)11-3-5-12(18)6-4-11/h3-8,10,20H,9H2,1-2H3,(H4,19,21,22,23,24)/t10-/m1/s1. The number of anilines is 2. The van der Waals surface area contributed by atoms with E-state index in [-0.39, 0.29) is 29.1 Å². The fourth-order valence-electron chi connectivity index (χ4n) is 2.19. The molecule has 25 heavy (non-hydrogen) atoms. The van der Waals surface area contributed by atoms with Gasteiger partial charge in [0.2, 0.25) is 0 Å². The highest BCUT2D eigenvalue weighted by Crippen LogP contribution is 2.19. The summed E-state index contributed by atoms with van der Waals surface area (Å²) in [5, 5.41) is 13.4. The minimum Gasteiger partial charge on any atom is -0.398 e. The van der Waals surface area contributed by atoms with E-state index in [1.54, 1.807) is 14.0 Å². The molecule has 0 aliphatic carbocycles. The lowest BCUT2D eigenvalue weighted by atomic mass is 10.0. The Morgan fingerprint density at radius 3 is 2.68 bits per heavy atom. The van der Waals surface area contributed by atoms with Gasteiger partial charge in [0.25, 0.3) is 0 Å². The lowest BCUT2D eigenvalue weighted by molar-refractivity contribution is 0.173. The first-order valence-electron chi connectivity index (χ1n) is 7.57. The molecular formula is C17H20FN5O2. The summed E-state index contributed by atoms with van der Waals surface area (Å²) in [6.07, 6.45) is 1.40. The molecule has 0 fully saturated rings. The molecule has 1 heterocycles. The predicted octanol–water partition coefficient (Wildman–Crippen LogP) is 2.38. The van der Waals surface area contributed by atoms with Crippen LogP contribution in [0.15, 0.2) is 36.5 Å². The van der Waals surface area contributed by atoms with Crippen LogP contribution in [0.5, 0.6) is 0 Å². The molecule has 0 spiro atoms. The summed E-state index contributed by atoms with van der Waals surface area (Å²) in [6.45, 7) is 2.19. The number of nitrogens with zero attached hydrogens (tertiary/aromatic N) is 1. The Balaban J connectivity index is 2.08. The van der Waals surface area contributed by atoms with Crippen LogP contribution in [0.25, 0.3) is 0 Å². The number of nitrogens with one attached hydrogen (secondary N) is 3. The SMILES string of the molecule is COC[C@@H](C)NC(=O)Nc1cc(N)c(C(=N)c2ccc(F)cc2)cn1. The third-order valence-corrected chi connectivity index (χ3v) is 3.37. The van der Waals surface area contributed by atoms with E-state index in [4.69, 9.17) is 15.9 Å². The summed E-state index contributed by atoms with van der Waals surface area (Å²) in [5.74, 6) is -0.119. The van der Waals surface area contributed by atoms with Crippen LogP contribution in [0.2, 0.25) is 0 Å². The molecular weight excluding hydrogens is 325 g/mol. The Morgan fingerprint density at radius 2 is 2.08 bits per heavy atom. The van der Waals surface area contributed by atoms with Crippen molar-refractivity contribution in [2.45, 2.75) is 13.0 Å². The highest BCUT2D eigenvalue weighted by molar-refractivity contribution is 6.13. The smallest absolute Gasteiger partial charge is 0.320 e. The average Bonchev–Trinajstić information content (AvgIpc) is 2.55. The van der Waals surface area contributed by atoms with Crippen LogP contribution in [-0.2, 0) is 4.74 Å². The van der Waals surface area contributed by atoms with Crippen molar-refractivity contribution in [3.63, 3.8) is 0 Å². The molecule has 1 aromatic carbocycles. The molecule has 0 bridgehead atoms. The summed E-state index contributed by atoms with van der Waals surface area (Å²) >= 11 is 0. The number of aromatic nitrogens is 1. The number of nitrogen functional groups attached to an aromatic ring is 1. The average molecular weight is 345 g/mol. The summed E-state index contributed by atoms with van der Waals surface area (Å²) < 4.78 is 17.9. The number of urea groups is 1. The van der Waals surface area contributed by atoms with Crippen molar-refractivity contribution < 1.29 is 13.9 Å². The molecule has 2 rings (SSSR count). The molecule has 2 aromatic rings. The Labute approximate surface area is 144 Å². The number of hydrogen-bond acceptors (Lipinski definition) is 5. The van der Waals surface area contributed by atoms with Gasteiger partial charge in [-0.3, -0.25) is 10.7 Å². The van der Waals surface area contributed by atoms with Crippen molar-refractivity contribution in [1.82, 2.24) is 10.3 Å². The van der Waals surface area contributed by atoms with Crippen molar-refractivity contribution in [1.29, 1.82) is 5.41 Å². The van der Waals surface area contributed by atoms with E-state index in [0.29, 0.717) is 17.7 Å². The third kappa shape index (κ3) is 4.98.